The summed E-state index contributed by atoms with van der Waals surface area (Å²) in [5, 5.41) is 10.5. The third-order valence-electron chi connectivity index (χ3n) is 3.09. The summed E-state index contributed by atoms with van der Waals surface area (Å²) in [6, 6.07) is 10.0. The van der Waals surface area contributed by atoms with Crippen LogP contribution in [-0.4, -0.2) is 5.11 Å². The number of rotatable bonds is 6. The highest BCUT2D eigenvalue weighted by Crippen LogP contribution is 2.30. The topological polar surface area (TPSA) is 20.2 Å². The first-order valence-electron chi connectivity index (χ1n) is 6.01. The molecule has 0 amide bonds. The van der Waals surface area contributed by atoms with Gasteiger partial charge in [-0.2, -0.15) is 0 Å². The van der Waals surface area contributed by atoms with Gasteiger partial charge < -0.3 is 5.11 Å². The van der Waals surface area contributed by atoms with Crippen LogP contribution in [0.15, 0.2) is 30.3 Å². The summed E-state index contributed by atoms with van der Waals surface area (Å²) >= 11 is 0. The van der Waals surface area contributed by atoms with Crippen molar-refractivity contribution in [1.29, 1.82) is 0 Å². The average molecular weight is 206 g/mol. The Kier molecular flexibility index (Phi) is 4.83. The molecule has 0 fully saturated rings. The van der Waals surface area contributed by atoms with Crippen molar-refractivity contribution in [2.45, 2.75) is 51.6 Å². The molecule has 0 bridgehead atoms. The maximum Gasteiger partial charge on any atom is 0.0893 e. The summed E-state index contributed by atoms with van der Waals surface area (Å²) in [4.78, 5) is 0. The van der Waals surface area contributed by atoms with E-state index in [1.165, 1.54) is 12.8 Å². The smallest absolute Gasteiger partial charge is 0.0893 e. The summed E-state index contributed by atoms with van der Waals surface area (Å²) in [6.45, 7) is 4.24. The number of hydrogen-bond acceptors (Lipinski definition) is 1. The molecule has 0 aliphatic rings. The molecule has 0 aromatic heterocycles. The average Bonchev–Trinajstić information content (AvgIpc) is 2.30. The molecular formula is C14H22O. The predicted molar refractivity (Wildman–Crippen MR) is 64.8 cm³/mol. The van der Waals surface area contributed by atoms with Crippen LogP contribution in [0.2, 0.25) is 0 Å². The highest BCUT2D eigenvalue weighted by molar-refractivity contribution is 5.21. The van der Waals surface area contributed by atoms with E-state index in [1.807, 2.05) is 30.3 Å². The number of hydrogen-bond donors (Lipinski definition) is 1. The van der Waals surface area contributed by atoms with Gasteiger partial charge in [-0.3, -0.25) is 0 Å². The van der Waals surface area contributed by atoms with Crippen molar-refractivity contribution in [2.24, 2.45) is 0 Å². The van der Waals surface area contributed by atoms with E-state index in [0.717, 1.165) is 24.8 Å². The van der Waals surface area contributed by atoms with E-state index in [2.05, 4.69) is 13.8 Å². The van der Waals surface area contributed by atoms with Crippen LogP contribution in [-0.2, 0) is 5.60 Å². The highest BCUT2D eigenvalue weighted by Gasteiger charge is 2.25. The largest absolute Gasteiger partial charge is 0.385 e. The van der Waals surface area contributed by atoms with E-state index in [4.69, 9.17) is 0 Å². The first-order chi connectivity index (χ1) is 7.23. The van der Waals surface area contributed by atoms with E-state index in [-0.39, 0.29) is 0 Å². The van der Waals surface area contributed by atoms with Crippen LogP contribution >= 0.6 is 0 Å². The monoisotopic (exact) mass is 206 g/mol. The predicted octanol–water partition coefficient (Wildman–Crippen LogP) is 3.86. The summed E-state index contributed by atoms with van der Waals surface area (Å²) in [5.74, 6) is 0. The summed E-state index contributed by atoms with van der Waals surface area (Å²) in [6.07, 6.45) is 5.18. The summed E-state index contributed by atoms with van der Waals surface area (Å²) in [5.41, 5.74) is 0.444. The first kappa shape index (κ1) is 12.3. The van der Waals surface area contributed by atoms with Crippen molar-refractivity contribution < 1.29 is 5.11 Å². The molecule has 1 aromatic carbocycles. The standard InChI is InChI=1S/C14H22O/c1-3-5-9-12-14(15,4-2)13-10-7-6-8-11-13/h6-8,10-11,15H,3-5,9,12H2,1-2H3. The molecule has 0 aliphatic carbocycles. The normalized spacial score (nSPS) is 14.9. The van der Waals surface area contributed by atoms with Gasteiger partial charge in [0, 0.05) is 0 Å². The Balaban J connectivity index is 2.67. The molecular weight excluding hydrogens is 184 g/mol. The van der Waals surface area contributed by atoms with Crippen molar-refractivity contribution in [3.05, 3.63) is 35.9 Å². The molecule has 1 heteroatoms. The maximum atomic E-state index is 10.5. The van der Waals surface area contributed by atoms with E-state index >= 15 is 0 Å². The zero-order valence-corrected chi connectivity index (χ0v) is 9.87. The van der Waals surface area contributed by atoms with Crippen LogP contribution in [0, 0.1) is 0 Å². The molecule has 1 unspecified atom stereocenters. The molecule has 1 N–H and O–H groups in total. The number of benzene rings is 1. The van der Waals surface area contributed by atoms with Crippen LogP contribution in [0.4, 0.5) is 0 Å². The molecule has 0 radical (unpaired) electrons. The molecule has 1 nitrogen and oxygen atoms in total. The molecule has 15 heavy (non-hydrogen) atoms. The van der Waals surface area contributed by atoms with E-state index in [9.17, 15) is 5.11 Å². The minimum atomic E-state index is -0.615. The van der Waals surface area contributed by atoms with Crippen molar-refractivity contribution >= 4 is 0 Å². The minimum Gasteiger partial charge on any atom is -0.385 e. The Morgan fingerprint density at radius 1 is 1.07 bits per heavy atom. The zero-order chi connectivity index (χ0) is 11.1. The Hall–Kier alpha value is -0.820. The molecule has 0 spiro atoms. The SMILES string of the molecule is CCCCCC(O)(CC)c1ccccc1. The molecule has 1 atom stereocenters. The Labute approximate surface area is 93.1 Å². The Bertz CT molecular complexity index is 268. The van der Waals surface area contributed by atoms with E-state index < -0.39 is 5.60 Å². The molecule has 0 aliphatic heterocycles. The molecule has 84 valence electrons. The zero-order valence-electron chi connectivity index (χ0n) is 9.87. The number of unbranched alkanes of at least 4 members (excludes halogenated alkanes) is 2. The second-order valence-electron chi connectivity index (χ2n) is 4.21. The van der Waals surface area contributed by atoms with Gasteiger partial charge in [0.2, 0.25) is 0 Å². The third-order valence-corrected chi connectivity index (χ3v) is 3.09. The molecule has 1 aromatic rings. The fourth-order valence-electron chi connectivity index (χ4n) is 1.94. The lowest BCUT2D eigenvalue weighted by molar-refractivity contribution is 0.0208. The summed E-state index contributed by atoms with van der Waals surface area (Å²) in [7, 11) is 0. The number of aliphatic hydroxyl groups is 1. The van der Waals surface area contributed by atoms with Gasteiger partial charge in [-0.05, 0) is 18.4 Å². The van der Waals surface area contributed by atoms with Gasteiger partial charge in [0.15, 0.2) is 0 Å². The first-order valence-corrected chi connectivity index (χ1v) is 6.01. The van der Waals surface area contributed by atoms with E-state index in [0.29, 0.717) is 0 Å². The van der Waals surface area contributed by atoms with Crippen LogP contribution in [0.3, 0.4) is 0 Å². The lowest BCUT2D eigenvalue weighted by atomic mass is 9.86. The van der Waals surface area contributed by atoms with Gasteiger partial charge in [0.25, 0.3) is 0 Å². The van der Waals surface area contributed by atoms with Gasteiger partial charge in [-0.25, -0.2) is 0 Å². The third kappa shape index (κ3) is 3.35. The lowest BCUT2D eigenvalue weighted by Gasteiger charge is -2.27. The molecule has 0 heterocycles. The van der Waals surface area contributed by atoms with E-state index in [1.54, 1.807) is 0 Å². The lowest BCUT2D eigenvalue weighted by Crippen LogP contribution is -2.24. The maximum absolute atomic E-state index is 10.5. The van der Waals surface area contributed by atoms with Crippen molar-refractivity contribution in [3.8, 4) is 0 Å². The highest BCUT2D eigenvalue weighted by atomic mass is 16.3. The van der Waals surface area contributed by atoms with Gasteiger partial charge in [0.05, 0.1) is 5.60 Å². The quantitative estimate of drug-likeness (QED) is 0.701. The van der Waals surface area contributed by atoms with Gasteiger partial charge in [-0.15, -0.1) is 0 Å². The van der Waals surface area contributed by atoms with Crippen LogP contribution < -0.4 is 0 Å². The molecule has 1 rings (SSSR count). The van der Waals surface area contributed by atoms with Crippen LogP contribution in [0.25, 0.3) is 0 Å². The second kappa shape index (κ2) is 5.92. The summed E-state index contributed by atoms with van der Waals surface area (Å²) < 4.78 is 0. The molecule has 0 saturated heterocycles. The van der Waals surface area contributed by atoms with Crippen molar-refractivity contribution in [2.75, 3.05) is 0 Å². The van der Waals surface area contributed by atoms with Crippen molar-refractivity contribution in [1.82, 2.24) is 0 Å². The minimum absolute atomic E-state index is 0.615. The fraction of sp³-hybridized carbons (Fsp3) is 0.571. The second-order valence-corrected chi connectivity index (χ2v) is 4.21. The Morgan fingerprint density at radius 3 is 2.27 bits per heavy atom. The molecule has 0 saturated carbocycles. The van der Waals surface area contributed by atoms with Gasteiger partial charge >= 0.3 is 0 Å². The van der Waals surface area contributed by atoms with Crippen LogP contribution in [0.5, 0.6) is 0 Å². The van der Waals surface area contributed by atoms with Gasteiger partial charge in [-0.1, -0.05) is 63.4 Å². The van der Waals surface area contributed by atoms with Crippen LogP contribution in [0.1, 0.15) is 51.5 Å². The van der Waals surface area contributed by atoms with Gasteiger partial charge in [0.1, 0.15) is 0 Å². The Morgan fingerprint density at radius 2 is 1.73 bits per heavy atom. The fourth-order valence-corrected chi connectivity index (χ4v) is 1.94. The van der Waals surface area contributed by atoms with Crippen molar-refractivity contribution in [3.63, 3.8) is 0 Å².